The number of hydrogen-bond donors (Lipinski definition) is 1. The summed E-state index contributed by atoms with van der Waals surface area (Å²) in [4.78, 5) is 31.3. The average molecular weight is 576 g/mol. The van der Waals surface area contributed by atoms with Crippen molar-refractivity contribution in [2.75, 3.05) is 31.1 Å². The number of amides is 1. The fraction of sp³-hybridized carbons (Fsp3) is 0.500. The van der Waals surface area contributed by atoms with Gasteiger partial charge in [-0.2, -0.15) is 13.2 Å². The third-order valence-electron chi connectivity index (χ3n) is 7.50. The van der Waals surface area contributed by atoms with Crippen molar-refractivity contribution in [3.05, 3.63) is 57.5 Å². The summed E-state index contributed by atoms with van der Waals surface area (Å²) >= 11 is 11.7. The summed E-state index contributed by atoms with van der Waals surface area (Å²) in [5.74, 6) is -1.24. The van der Waals surface area contributed by atoms with Crippen LogP contribution >= 0.6 is 23.2 Å². The van der Waals surface area contributed by atoms with E-state index in [2.05, 4.69) is 9.88 Å². The van der Waals surface area contributed by atoms with Gasteiger partial charge in [-0.15, -0.1) is 0 Å². The van der Waals surface area contributed by atoms with Gasteiger partial charge in [0.25, 0.3) is 11.5 Å². The number of carbonyl (C=O) groups excluding carboxylic acids is 2. The highest BCUT2D eigenvalue weighted by atomic mass is 35.5. The molecule has 12 heteroatoms. The van der Waals surface area contributed by atoms with Crippen LogP contribution in [0.2, 0.25) is 10.2 Å². The lowest BCUT2D eigenvalue weighted by molar-refractivity contribution is -0.262. The van der Waals surface area contributed by atoms with Crippen molar-refractivity contribution >= 4 is 41.2 Å². The van der Waals surface area contributed by atoms with E-state index >= 15 is 0 Å². The Kier molecular flexibility index (Phi) is 8.54. The van der Waals surface area contributed by atoms with E-state index in [4.69, 9.17) is 23.2 Å². The maximum atomic E-state index is 14.0. The molecule has 2 aliphatic heterocycles. The summed E-state index contributed by atoms with van der Waals surface area (Å²) in [6.45, 7) is 1.66. The van der Waals surface area contributed by atoms with Crippen molar-refractivity contribution in [2.24, 2.45) is 11.8 Å². The van der Waals surface area contributed by atoms with Gasteiger partial charge < -0.3 is 14.9 Å². The van der Waals surface area contributed by atoms with Gasteiger partial charge >= 0.3 is 6.18 Å². The quantitative estimate of drug-likeness (QED) is 0.274. The summed E-state index contributed by atoms with van der Waals surface area (Å²) < 4.78 is 55.7. The van der Waals surface area contributed by atoms with Crippen LogP contribution in [0.5, 0.6) is 0 Å². The number of likely N-dealkylation sites (tertiary alicyclic amines) is 1. The van der Waals surface area contributed by atoms with E-state index in [1.54, 1.807) is 12.1 Å². The van der Waals surface area contributed by atoms with Gasteiger partial charge in [-0.1, -0.05) is 23.2 Å². The first-order valence-corrected chi connectivity index (χ1v) is 13.1. The minimum atomic E-state index is -5.36. The molecule has 3 heterocycles. The second-order valence-electron chi connectivity index (χ2n) is 9.94. The zero-order valence-corrected chi connectivity index (χ0v) is 21.9. The molecule has 2 aromatic rings. The third kappa shape index (κ3) is 5.92. The zero-order chi connectivity index (χ0) is 27.7. The molecule has 1 aromatic heterocycles. The van der Waals surface area contributed by atoms with E-state index in [1.807, 2.05) is 0 Å². The molecule has 1 N–H and O–H groups in total. The Bertz CT molecular complexity index is 1160. The maximum Gasteiger partial charge on any atom is 0.430 e. The minimum absolute atomic E-state index is 0.0648. The number of nitrogens with zero attached hydrogens (tertiary/aromatic N) is 3. The average Bonchev–Trinajstić information content (AvgIpc) is 2.87. The van der Waals surface area contributed by atoms with Gasteiger partial charge in [0.1, 0.15) is 16.8 Å². The largest absolute Gasteiger partial charge is 0.430 e. The van der Waals surface area contributed by atoms with Crippen molar-refractivity contribution in [1.29, 1.82) is 0 Å². The van der Waals surface area contributed by atoms with Gasteiger partial charge in [-0.25, -0.2) is 9.37 Å². The van der Waals surface area contributed by atoms with E-state index in [0.717, 1.165) is 49.4 Å². The Labute approximate surface area is 227 Å². The smallest absolute Gasteiger partial charge is 0.368 e. The van der Waals surface area contributed by atoms with Gasteiger partial charge in [0.05, 0.1) is 5.56 Å². The van der Waals surface area contributed by atoms with E-state index in [9.17, 15) is 32.3 Å². The molecule has 1 atom stereocenters. The normalized spacial score (nSPS) is 19.3. The molecule has 2 fully saturated rings. The van der Waals surface area contributed by atoms with Crippen molar-refractivity contribution in [1.82, 2.24) is 9.88 Å². The summed E-state index contributed by atoms with van der Waals surface area (Å²) in [5.41, 5.74) is -4.49. The van der Waals surface area contributed by atoms with Crippen LogP contribution in [0, 0.1) is 17.7 Å². The number of carbonyl (C=O) groups is 2. The summed E-state index contributed by atoms with van der Waals surface area (Å²) in [7, 11) is 0. The summed E-state index contributed by atoms with van der Waals surface area (Å²) in [5, 5.41) is 10.4. The highest BCUT2D eigenvalue weighted by molar-refractivity contribution is 6.31. The topological polar surface area (TPSA) is 73.7 Å². The molecule has 1 unspecified atom stereocenters. The Morgan fingerprint density at radius 2 is 1.63 bits per heavy atom. The molecule has 1 aromatic carbocycles. The third-order valence-corrected chi connectivity index (χ3v) is 8.02. The van der Waals surface area contributed by atoms with Crippen LogP contribution in [-0.4, -0.2) is 59.5 Å². The molecule has 0 radical (unpaired) electrons. The lowest BCUT2D eigenvalue weighted by Crippen LogP contribution is -2.57. The van der Waals surface area contributed by atoms with Gasteiger partial charge in [0.2, 0.25) is 0 Å². The molecule has 0 spiro atoms. The Morgan fingerprint density at radius 1 is 1.03 bits per heavy atom. The van der Waals surface area contributed by atoms with E-state index < -0.39 is 29.1 Å². The highest BCUT2D eigenvalue weighted by Crippen LogP contribution is 2.42. The van der Waals surface area contributed by atoms with E-state index in [1.165, 1.54) is 0 Å². The first-order chi connectivity index (χ1) is 17.9. The van der Waals surface area contributed by atoms with Crippen LogP contribution < -0.4 is 4.90 Å². The number of aliphatic hydroxyl groups is 1. The van der Waals surface area contributed by atoms with Gasteiger partial charge in [-0.3, -0.25) is 9.59 Å². The van der Waals surface area contributed by atoms with Gasteiger partial charge in [0.15, 0.2) is 6.29 Å². The van der Waals surface area contributed by atoms with Crippen LogP contribution in [0.4, 0.5) is 23.4 Å². The fourth-order valence-corrected chi connectivity index (χ4v) is 5.76. The van der Waals surface area contributed by atoms with Crippen LogP contribution in [0.15, 0.2) is 30.3 Å². The van der Waals surface area contributed by atoms with Crippen molar-refractivity contribution in [2.45, 2.75) is 43.9 Å². The number of halogens is 6. The van der Waals surface area contributed by atoms with Crippen molar-refractivity contribution in [3.8, 4) is 0 Å². The lowest BCUT2D eigenvalue weighted by atomic mass is 9.82. The number of alkyl halides is 3. The number of piperidine rings is 2. The Morgan fingerprint density at radius 3 is 2.16 bits per heavy atom. The second kappa shape index (κ2) is 11.4. The molecule has 206 valence electrons. The first kappa shape index (κ1) is 28.6. The molecule has 6 nitrogen and oxygen atoms in total. The minimum Gasteiger partial charge on any atom is -0.368 e. The standard InChI is InChI=1S/C26H27Cl2F4N3O3/c27-20-12-19(13-21(29)14-20)25(38,26(30,31)32)24(37)35-9-5-17(6-10-35)11-16-3-7-34(8-4-16)22-2-1-18(15-36)23(28)33-22/h1-2,12-17,38H,3-11H2. The molecular formula is C26H27Cl2F4N3O3. The molecule has 1 amide bonds. The Balaban J connectivity index is 1.33. The highest BCUT2D eigenvalue weighted by Gasteiger charge is 2.62. The second-order valence-corrected chi connectivity index (χ2v) is 10.7. The number of aldehydes is 1. The van der Waals surface area contributed by atoms with E-state index in [0.29, 0.717) is 42.5 Å². The molecule has 2 aliphatic rings. The number of benzene rings is 1. The molecule has 2 saturated heterocycles. The maximum absolute atomic E-state index is 14.0. The number of aromatic nitrogens is 1. The summed E-state index contributed by atoms with van der Waals surface area (Å²) in [6, 6.07) is 5.45. The fourth-order valence-electron chi connectivity index (χ4n) is 5.34. The van der Waals surface area contributed by atoms with Crippen LogP contribution in [0.3, 0.4) is 0 Å². The number of rotatable bonds is 6. The molecule has 0 saturated carbocycles. The van der Waals surface area contributed by atoms with Crippen LogP contribution in [0.1, 0.15) is 48.0 Å². The molecule has 0 aliphatic carbocycles. The van der Waals surface area contributed by atoms with Crippen molar-refractivity contribution in [3.63, 3.8) is 0 Å². The van der Waals surface area contributed by atoms with E-state index in [-0.39, 0.29) is 29.2 Å². The number of pyridine rings is 1. The monoisotopic (exact) mass is 575 g/mol. The van der Waals surface area contributed by atoms with Gasteiger partial charge in [-0.05, 0) is 74.3 Å². The molecular weight excluding hydrogens is 549 g/mol. The predicted molar refractivity (Wildman–Crippen MR) is 135 cm³/mol. The zero-order valence-electron chi connectivity index (χ0n) is 20.4. The number of hydrogen-bond acceptors (Lipinski definition) is 5. The SMILES string of the molecule is O=Cc1ccc(N2CCC(CC3CCN(C(=O)C(O)(c4cc(F)cc(Cl)c4)C(F)(F)F)CC3)CC2)nc1Cl. The first-order valence-electron chi connectivity index (χ1n) is 12.3. The Hall–Kier alpha value is -2.43. The predicted octanol–water partition coefficient (Wildman–Crippen LogP) is 5.64. The van der Waals surface area contributed by atoms with Crippen LogP contribution in [0.25, 0.3) is 0 Å². The number of anilines is 1. The van der Waals surface area contributed by atoms with Crippen LogP contribution in [-0.2, 0) is 10.4 Å². The molecule has 0 bridgehead atoms. The lowest BCUT2D eigenvalue weighted by Gasteiger charge is -2.40. The van der Waals surface area contributed by atoms with Gasteiger partial charge in [0, 0.05) is 36.8 Å². The summed E-state index contributed by atoms with van der Waals surface area (Å²) in [6.07, 6.45) is -0.993. The van der Waals surface area contributed by atoms with Crippen molar-refractivity contribution < 1.29 is 32.3 Å². The molecule has 4 rings (SSSR count). The molecule has 38 heavy (non-hydrogen) atoms.